The highest BCUT2D eigenvalue weighted by Gasteiger charge is 2.23. The van der Waals surface area contributed by atoms with Crippen molar-refractivity contribution >= 4 is 35.8 Å². The van der Waals surface area contributed by atoms with E-state index in [1.807, 2.05) is 6.07 Å². The van der Waals surface area contributed by atoms with Gasteiger partial charge in [-0.05, 0) is 54.2 Å². The summed E-state index contributed by atoms with van der Waals surface area (Å²) >= 11 is 5.89. The number of rotatable bonds is 2. The highest BCUT2D eigenvalue weighted by molar-refractivity contribution is 6.60. The molecule has 0 spiro atoms. The first kappa shape index (κ1) is 16.0. The van der Waals surface area contributed by atoms with Gasteiger partial charge in [-0.1, -0.05) is 17.7 Å². The Hall–Kier alpha value is -1.89. The number of aryl methyl sites for hydroxylation is 1. The number of fused-ring (bicyclic) bond motifs is 1. The Labute approximate surface area is 138 Å². The Morgan fingerprint density at radius 2 is 2.13 bits per heavy atom. The molecule has 3 rings (SSSR count). The van der Waals surface area contributed by atoms with Crippen LogP contribution in [0, 0.1) is 5.82 Å². The van der Waals surface area contributed by atoms with Gasteiger partial charge in [0.2, 0.25) is 0 Å². The van der Waals surface area contributed by atoms with Gasteiger partial charge in [-0.2, -0.15) is 0 Å². The van der Waals surface area contributed by atoms with Gasteiger partial charge in [0.1, 0.15) is 5.82 Å². The average Bonchev–Trinajstić information content (AvgIpc) is 2.69. The summed E-state index contributed by atoms with van der Waals surface area (Å²) < 4.78 is 18.3. The van der Waals surface area contributed by atoms with Crippen LogP contribution in [-0.2, 0) is 11.1 Å². The summed E-state index contributed by atoms with van der Waals surface area (Å²) in [5.74, 6) is -0.948. The predicted octanol–water partition coefficient (Wildman–Crippen LogP) is 2.38. The highest BCUT2D eigenvalue weighted by atomic mass is 35.5. The second-order valence-electron chi connectivity index (χ2n) is 5.32. The molecule has 7 heteroatoms. The zero-order chi connectivity index (χ0) is 16.4. The number of hydrogen-bond acceptors (Lipinski definition) is 3. The molecule has 0 atom stereocenters. The molecule has 0 aromatic heterocycles. The summed E-state index contributed by atoms with van der Waals surface area (Å²) in [5, 5.41) is 12.7. The maximum absolute atomic E-state index is 13.1. The topological polar surface area (TPSA) is 58.6 Å². The number of carbonyl (C=O) groups excluding carboxylic acids is 1. The number of halogens is 2. The number of anilines is 1. The van der Waals surface area contributed by atoms with E-state index in [1.165, 1.54) is 12.1 Å². The van der Waals surface area contributed by atoms with Crippen LogP contribution in [0.3, 0.4) is 0 Å². The molecule has 0 fully saturated rings. The van der Waals surface area contributed by atoms with Crippen molar-refractivity contribution in [3.8, 4) is 0 Å². The van der Waals surface area contributed by atoms with Crippen LogP contribution in [0.15, 0.2) is 36.4 Å². The molecule has 0 radical (unpaired) electrons. The molecule has 1 heterocycles. The first-order valence-electron chi connectivity index (χ1n) is 7.23. The first-order valence-corrected chi connectivity index (χ1v) is 7.61. The Balaban J connectivity index is 1.84. The largest absolute Gasteiger partial charge is 0.491 e. The minimum absolute atomic E-state index is 0.0422. The molecule has 1 aliphatic rings. The van der Waals surface area contributed by atoms with Crippen molar-refractivity contribution in [3.05, 3.63) is 58.4 Å². The number of carbonyl (C=O) groups is 1. The molecule has 2 N–H and O–H groups in total. The molecular formula is C16H14BClFNO3. The molecule has 0 saturated carbocycles. The summed E-state index contributed by atoms with van der Waals surface area (Å²) in [4.78, 5) is 12.3. The van der Waals surface area contributed by atoms with Crippen LogP contribution in [0.4, 0.5) is 10.1 Å². The van der Waals surface area contributed by atoms with Gasteiger partial charge in [0.25, 0.3) is 5.91 Å². The van der Waals surface area contributed by atoms with Crippen LogP contribution in [0.25, 0.3) is 0 Å². The Kier molecular flexibility index (Phi) is 4.66. The molecule has 0 bridgehead atoms. The van der Waals surface area contributed by atoms with Gasteiger partial charge < -0.3 is 15.0 Å². The van der Waals surface area contributed by atoms with Crippen LogP contribution in [-0.4, -0.2) is 24.7 Å². The van der Waals surface area contributed by atoms with Gasteiger partial charge in [-0.3, -0.25) is 4.79 Å². The molecule has 118 valence electrons. The fourth-order valence-corrected chi connectivity index (χ4v) is 2.80. The fourth-order valence-electron chi connectivity index (χ4n) is 2.55. The number of hydrogen-bond donors (Lipinski definition) is 2. The second-order valence-corrected chi connectivity index (χ2v) is 5.73. The smallest absolute Gasteiger partial charge is 0.423 e. The van der Waals surface area contributed by atoms with Crippen molar-refractivity contribution in [2.45, 2.75) is 12.8 Å². The number of nitrogens with one attached hydrogen (secondary N) is 1. The zero-order valence-electron chi connectivity index (χ0n) is 12.2. The maximum Gasteiger partial charge on any atom is 0.491 e. The average molecular weight is 334 g/mol. The van der Waals surface area contributed by atoms with Crippen molar-refractivity contribution in [1.82, 2.24) is 0 Å². The summed E-state index contributed by atoms with van der Waals surface area (Å²) in [5.41, 5.74) is 2.33. The van der Waals surface area contributed by atoms with E-state index in [0.717, 1.165) is 24.5 Å². The van der Waals surface area contributed by atoms with E-state index in [1.54, 1.807) is 12.1 Å². The third-order valence-corrected chi connectivity index (χ3v) is 4.02. The Morgan fingerprint density at radius 3 is 2.91 bits per heavy atom. The zero-order valence-corrected chi connectivity index (χ0v) is 12.9. The minimum atomic E-state index is -1.00. The van der Waals surface area contributed by atoms with Crippen molar-refractivity contribution < 1.29 is 18.9 Å². The van der Waals surface area contributed by atoms with Crippen molar-refractivity contribution in [2.75, 3.05) is 11.9 Å². The molecule has 1 amide bonds. The fraction of sp³-hybridized carbons (Fsp3) is 0.188. The molecule has 2 aromatic rings. The molecular weight excluding hydrogens is 319 g/mol. The molecule has 2 aromatic carbocycles. The monoisotopic (exact) mass is 333 g/mol. The second kappa shape index (κ2) is 6.70. The van der Waals surface area contributed by atoms with E-state index in [9.17, 15) is 14.2 Å². The molecule has 0 saturated heterocycles. The van der Waals surface area contributed by atoms with Crippen LogP contribution in [0.2, 0.25) is 5.02 Å². The summed E-state index contributed by atoms with van der Waals surface area (Å²) in [6.45, 7) is 0.489. The van der Waals surface area contributed by atoms with Gasteiger partial charge >= 0.3 is 7.12 Å². The number of benzene rings is 2. The minimum Gasteiger partial charge on any atom is -0.423 e. The summed E-state index contributed by atoms with van der Waals surface area (Å²) in [6, 6.07) is 8.89. The van der Waals surface area contributed by atoms with Gasteiger partial charge in [-0.15, -0.1) is 0 Å². The van der Waals surface area contributed by atoms with E-state index in [4.69, 9.17) is 16.3 Å². The van der Waals surface area contributed by atoms with Gasteiger partial charge in [-0.25, -0.2) is 4.39 Å². The van der Waals surface area contributed by atoms with Crippen molar-refractivity contribution in [3.63, 3.8) is 0 Å². The van der Waals surface area contributed by atoms with E-state index >= 15 is 0 Å². The third kappa shape index (κ3) is 3.55. The standard InChI is InChI=1S/C16H14BClFNO3/c18-15-8-11(19)4-6-13(15)16(21)20-12-5-3-10-2-1-7-23-17(22)14(10)9-12/h3-6,8-9,22H,1-2,7H2,(H,20,21). The van der Waals surface area contributed by atoms with E-state index in [-0.39, 0.29) is 10.6 Å². The van der Waals surface area contributed by atoms with Gasteiger partial charge in [0, 0.05) is 12.3 Å². The third-order valence-electron chi connectivity index (χ3n) is 3.71. The molecule has 1 aliphatic heterocycles. The lowest BCUT2D eigenvalue weighted by Crippen LogP contribution is -2.35. The van der Waals surface area contributed by atoms with E-state index < -0.39 is 18.8 Å². The molecule has 4 nitrogen and oxygen atoms in total. The quantitative estimate of drug-likeness (QED) is 0.830. The van der Waals surface area contributed by atoms with Crippen molar-refractivity contribution in [2.24, 2.45) is 0 Å². The summed E-state index contributed by atoms with van der Waals surface area (Å²) in [6.07, 6.45) is 1.64. The maximum atomic E-state index is 13.1. The summed E-state index contributed by atoms with van der Waals surface area (Å²) in [7, 11) is -1.00. The van der Waals surface area contributed by atoms with Crippen LogP contribution in [0.5, 0.6) is 0 Å². The van der Waals surface area contributed by atoms with E-state index in [2.05, 4.69) is 5.32 Å². The van der Waals surface area contributed by atoms with Gasteiger partial charge in [0.15, 0.2) is 0 Å². The Bertz CT molecular complexity index is 756. The first-order chi connectivity index (χ1) is 11.0. The van der Waals surface area contributed by atoms with Gasteiger partial charge in [0.05, 0.1) is 10.6 Å². The van der Waals surface area contributed by atoms with Crippen LogP contribution in [0.1, 0.15) is 22.3 Å². The lowest BCUT2D eigenvalue weighted by Gasteiger charge is -2.12. The van der Waals surface area contributed by atoms with Crippen LogP contribution < -0.4 is 10.8 Å². The lowest BCUT2D eigenvalue weighted by atomic mass is 9.76. The Morgan fingerprint density at radius 1 is 1.30 bits per heavy atom. The van der Waals surface area contributed by atoms with E-state index in [0.29, 0.717) is 17.8 Å². The predicted molar refractivity (Wildman–Crippen MR) is 87.7 cm³/mol. The molecule has 0 unspecified atom stereocenters. The lowest BCUT2D eigenvalue weighted by molar-refractivity contribution is 0.102. The number of amides is 1. The van der Waals surface area contributed by atoms with Crippen molar-refractivity contribution in [1.29, 1.82) is 0 Å². The van der Waals surface area contributed by atoms with Crippen LogP contribution >= 0.6 is 11.6 Å². The molecule has 0 aliphatic carbocycles. The molecule has 23 heavy (non-hydrogen) atoms. The normalized spacial score (nSPS) is 14.1. The highest BCUT2D eigenvalue weighted by Crippen LogP contribution is 2.19. The SMILES string of the molecule is O=C(Nc1ccc2c(c1)B(O)OCCC2)c1ccc(F)cc1Cl.